The molecule has 0 bridgehead atoms. The molecule has 0 atom stereocenters. The average Bonchev–Trinajstić information content (AvgIpc) is 3.44. The van der Waals surface area contributed by atoms with Gasteiger partial charge in [-0.3, -0.25) is 4.90 Å². The van der Waals surface area contributed by atoms with Gasteiger partial charge in [0.05, 0.1) is 5.56 Å². The Morgan fingerprint density at radius 2 is 1.96 bits per heavy atom. The van der Waals surface area contributed by atoms with Crippen molar-refractivity contribution in [3.8, 4) is 22.1 Å². The highest BCUT2D eigenvalue weighted by molar-refractivity contribution is 7.13. The monoisotopic (exact) mass is 375 g/mol. The van der Waals surface area contributed by atoms with E-state index in [2.05, 4.69) is 39.1 Å². The summed E-state index contributed by atoms with van der Waals surface area (Å²) < 4.78 is 6.23. The molecule has 2 aromatic heterocycles. The molecule has 27 heavy (non-hydrogen) atoms. The predicted octanol–water partition coefficient (Wildman–Crippen LogP) is 5.68. The summed E-state index contributed by atoms with van der Waals surface area (Å²) in [5.41, 5.74) is 3.45. The van der Waals surface area contributed by atoms with Gasteiger partial charge in [0.1, 0.15) is 16.5 Å². The van der Waals surface area contributed by atoms with Crippen LogP contribution in [0.15, 0.2) is 60.1 Å². The largest absolute Gasteiger partial charge is 0.457 e. The zero-order valence-corrected chi connectivity index (χ0v) is 15.8. The van der Waals surface area contributed by atoms with E-state index < -0.39 is 0 Å². The summed E-state index contributed by atoms with van der Waals surface area (Å²) in [6.45, 7) is 3.41. The van der Waals surface area contributed by atoms with Crippen molar-refractivity contribution in [1.82, 2.24) is 14.9 Å². The molecule has 1 aliphatic heterocycles. The van der Waals surface area contributed by atoms with Gasteiger partial charge in [0, 0.05) is 34.7 Å². The molecule has 4 nitrogen and oxygen atoms in total. The van der Waals surface area contributed by atoms with E-state index in [4.69, 9.17) is 4.74 Å². The first-order chi connectivity index (χ1) is 13.3. The van der Waals surface area contributed by atoms with Gasteiger partial charge in [-0.15, -0.1) is 11.3 Å². The number of benzene rings is 2. The highest BCUT2D eigenvalue weighted by atomic mass is 32.1. The number of ether oxygens (including phenoxy) is 1. The van der Waals surface area contributed by atoms with E-state index in [-0.39, 0.29) is 0 Å². The second-order valence-corrected chi connectivity index (χ2v) is 7.86. The first-order valence-electron chi connectivity index (χ1n) is 9.36. The van der Waals surface area contributed by atoms with Crippen molar-refractivity contribution in [2.75, 3.05) is 13.1 Å². The van der Waals surface area contributed by atoms with Gasteiger partial charge < -0.3 is 9.72 Å². The van der Waals surface area contributed by atoms with Crippen molar-refractivity contribution in [2.45, 2.75) is 19.4 Å². The normalized spacial score (nSPS) is 14.8. The maximum Gasteiger partial charge on any atom is 0.137 e. The molecule has 0 amide bonds. The van der Waals surface area contributed by atoms with Crippen molar-refractivity contribution in [1.29, 1.82) is 0 Å². The van der Waals surface area contributed by atoms with Gasteiger partial charge in [-0.2, -0.15) is 0 Å². The molecule has 4 aromatic rings. The fourth-order valence-corrected chi connectivity index (χ4v) is 4.38. The lowest BCUT2D eigenvalue weighted by atomic mass is 10.2. The zero-order chi connectivity index (χ0) is 18.1. The maximum absolute atomic E-state index is 6.23. The van der Waals surface area contributed by atoms with Crippen LogP contribution in [0.5, 0.6) is 11.5 Å². The maximum atomic E-state index is 6.23. The molecule has 0 radical (unpaired) electrons. The molecule has 1 fully saturated rings. The Kier molecular flexibility index (Phi) is 4.40. The summed E-state index contributed by atoms with van der Waals surface area (Å²) in [6.07, 6.45) is 4.46. The second-order valence-electron chi connectivity index (χ2n) is 6.96. The molecule has 0 aliphatic carbocycles. The first kappa shape index (κ1) is 16.5. The van der Waals surface area contributed by atoms with E-state index >= 15 is 0 Å². The highest BCUT2D eigenvalue weighted by Crippen LogP contribution is 2.35. The lowest BCUT2D eigenvalue weighted by Crippen LogP contribution is -2.18. The molecule has 2 aromatic carbocycles. The summed E-state index contributed by atoms with van der Waals surface area (Å²) in [7, 11) is 0. The Balaban J connectivity index is 1.41. The summed E-state index contributed by atoms with van der Waals surface area (Å²) >= 11 is 1.62. The zero-order valence-electron chi connectivity index (χ0n) is 15.0. The third-order valence-corrected chi connectivity index (χ3v) is 5.82. The van der Waals surface area contributed by atoms with E-state index in [1.807, 2.05) is 35.8 Å². The van der Waals surface area contributed by atoms with Crippen molar-refractivity contribution in [2.24, 2.45) is 0 Å². The van der Waals surface area contributed by atoms with E-state index in [1.54, 1.807) is 11.3 Å². The summed E-state index contributed by atoms with van der Waals surface area (Å²) in [5.74, 6) is 1.68. The fraction of sp³-hybridized carbons (Fsp3) is 0.227. The number of rotatable bonds is 5. The van der Waals surface area contributed by atoms with Crippen molar-refractivity contribution < 1.29 is 4.74 Å². The van der Waals surface area contributed by atoms with Gasteiger partial charge in [0.2, 0.25) is 0 Å². The molecule has 3 heterocycles. The minimum Gasteiger partial charge on any atom is -0.457 e. The van der Waals surface area contributed by atoms with Crippen LogP contribution in [0.3, 0.4) is 0 Å². The van der Waals surface area contributed by atoms with Crippen LogP contribution in [0.25, 0.3) is 21.5 Å². The van der Waals surface area contributed by atoms with Crippen LogP contribution in [-0.4, -0.2) is 28.0 Å². The Morgan fingerprint density at radius 1 is 1.07 bits per heavy atom. The predicted molar refractivity (Wildman–Crippen MR) is 110 cm³/mol. The lowest BCUT2D eigenvalue weighted by molar-refractivity contribution is 0.328. The van der Waals surface area contributed by atoms with Gasteiger partial charge >= 0.3 is 0 Å². The number of aromatic nitrogens is 2. The van der Waals surface area contributed by atoms with Gasteiger partial charge in [-0.05, 0) is 62.3 Å². The van der Waals surface area contributed by atoms with Gasteiger partial charge in [-0.25, -0.2) is 4.98 Å². The molecule has 1 saturated heterocycles. The molecule has 1 aliphatic rings. The summed E-state index contributed by atoms with van der Waals surface area (Å²) in [4.78, 5) is 10.5. The number of hydrogen-bond acceptors (Lipinski definition) is 4. The van der Waals surface area contributed by atoms with Crippen molar-refractivity contribution >= 4 is 22.2 Å². The summed E-state index contributed by atoms with van der Waals surface area (Å²) in [5, 5.41) is 4.15. The molecule has 136 valence electrons. The van der Waals surface area contributed by atoms with E-state index in [1.165, 1.54) is 37.0 Å². The van der Waals surface area contributed by atoms with Crippen molar-refractivity contribution in [3.05, 3.63) is 65.8 Å². The third kappa shape index (κ3) is 3.48. The minimum absolute atomic E-state index is 0.833. The smallest absolute Gasteiger partial charge is 0.137 e. The average molecular weight is 375 g/mol. The van der Waals surface area contributed by atoms with E-state index in [0.29, 0.717) is 0 Å². The van der Waals surface area contributed by atoms with Crippen LogP contribution >= 0.6 is 11.3 Å². The SMILES string of the molecule is c1ccc(-c2nccs2)c(Oc2ccc3[nH]c(CN4CCCC4)cc3c2)c1. The Bertz CT molecular complexity index is 1050. The number of thiazole rings is 1. The summed E-state index contributed by atoms with van der Waals surface area (Å²) in [6, 6.07) is 16.5. The van der Waals surface area contributed by atoms with Crippen LogP contribution in [-0.2, 0) is 6.54 Å². The number of nitrogens with one attached hydrogen (secondary N) is 1. The number of likely N-dealkylation sites (tertiary alicyclic amines) is 1. The fourth-order valence-electron chi connectivity index (χ4n) is 3.72. The Hall–Kier alpha value is -2.63. The van der Waals surface area contributed by atoms with E-state index in [9.17, 15) is 0 Å². The molecule has 0 unspecified atom stereocenters. The number of nitrogens with zero attached hydrogens (tertiary/aromatic N) is 2. The topological polar surface area (TPSA) is 41.1 Å². The van der Waals surface area contributed by atoms with E-state index in [0.717, 1.165) is 34.1 Å². The molecule has 1 N–H and O–H groups in total. The van der Waals surface area contributed by atoms with Crippen LogP contribution in [0, 0.1) is 0 Å². The Labute approximate surface area is 162 Å². The first-order valence-corrected chi connectivity index (χ1v) is 10.2. The molecule has 5 rings (SSSR count). The number of aromatic amines is 1. The van der Waals surface area contributed by atoms with Gasteiger partial charge in [0.15, 0.2) is 0 Å². The molecule has 0 saturated carbocycles. The third-order valence-electron chi connectivity index (χ3n) is 5.02. The van der Waals surface area contributed by atoms with Crippen LogP contribution < -0.4 is 4.74 Å². The minimum atomic E-state index is 0.833. The molecular weight excluding hydrogens is 354 g/mol. The number of para-hydroxylation sites is 1. The van der Waals surface area contributed by atoms with Gasteiger partial charge in [0.25, 0.3) is 0 Å². The number of fused-ring (bicyclic) bond motifs is 1. The van der Waals surface area contributed by atoms with Crippen LogP contribution in [0.2, 0.25) is 0 Å². The number of hydrogen-bond donors (Lipinski definition) is 1. The van der Waals surface area contributed by atoms with Crippen LogP contribution in [0.1, 0.15) is 18.5 Å². The van der Waals surface area contributed by atoms with Gasteiger partial charge in [-0.1, -0.05) is 12.1 Å². The second kappa shape index (κ2) is 7.18. The number of H-pyrrole nitrogens is 1. The lowest BCUT2D eigenvalue weighted by Gasteiger charge is -2.12. The van der Waals surface area contributed by atoms with Crippen molar-refractivity contribution in [3.63, 3.8) is 0 Å². The highest BCUT2D eigenvalue weighted by Gasteiger charge is 2.14. The quantitative estimate of drug-likeness (QED) is 0.488. The molecular formula is C22H21N3OS. The van der Waals surface area contributed by atoms with Crippen LogP contribution in [0.4, 0.5) is 0 Å². The molecule has 5 heteroatoms. The standard InChI is InChI=1S/C22H21N3OS/c1-2-6-21(19(5-1)22-23-9-12-27-22)26-18-7-8-20-16(14-18)13-17(24-20)15-25-10-3-4-11-25/h1-2,5-9,12-14,24H,3-4,10-11,15H2. The Morgan fingerprint density at radius 3 is 2.81 bits per heavy atom. The molecule has 0 spiro atoms.